The van der Waals surface area contributed by atoms with Gasteiger partial charge in [0.2, 0.25) is 0 Å². The maximum absolute atomic E-state index is 4.29. The summed E-state index contributed by atoms with van der Waals surface area (Å²) in [6.45, 7) is 3.41. The maximum Gasteiger partial charge on any atom is 0.0575 e. The Kier molecular flexibility index (Phi) is 3.65. The van der Waals surface area contributed by atoms with Gasteiger partial charge in [0, 0.05) is 19.6 Å². The second-order valence-electron chi connectivity index (χ2n) is 4.46. The molecule has 1 heterocycles. The van der Waals surface area contributed by atoms with E-state index in [1.165, 1.54) is 31.4 Å². The molecule has 1 fully saturated rings. The van der Waals surface area contributed by atoms with Gasteiger partial charge in [-0.2, -0.15) is 0 Å². The number of pyridine rings is 1. The highest BCUT2D eigenvalue weighted by Crippen LogP contribution is 2.32. The van der Waals surface area contributed by atoms with Gasteiger partial charge < -0.3 is 10.2 Å². The number of anilines is 2. The Morgan fingerprint density at radius 2 is 2.25 bits per heavy atom. The molecule has 3 heteroatoms. The van der Waals surface area contributed by atoms with Crippen molar-refractivity contribution in [2.45, 2.75) is 38.6 Å². The van der Waals surface area contributed by atoms with Crippen LogP contribution in [0.1, 0.15) is 32.6 Å². The highest BCUT2D eigenvalue weighted by molar-refractivity contribution is 5.56. The first kappa shape index (κ1) is 11.2. The summed E-state index contributed by atoms with van der Waals surface area (Å²) < 4.78 is 0. The Labute approximate surface area is 97.9 Å². The SMILES string of the molecule is CCCCN(c1cncc(NC)c1)C1CC1. The lowest BCUT2D eigenvalue weighted by Gasteiger charge is -2.24. The first-order valence-corrected chi connectivity index (χ1v) is 6.24. The smallest absolute Gasteiger partial charge is 0.0575 e. The second-order valence-corrected chi connectivity index (χ2v) is 4.46. The molecule has 1 saturated carbocycles. The molecule has 3 nitrogen and oxygen atoms in total. The van der Waals surface area contributed by atoms with E-state index in [1.807, 2.05) is 19.4 Å². The van der Waals surface area contributed by atoms with Crippen LogP contribution in [0.4, 0.5) is 11.4 Å². The molecule has 1 aliphatic carbocycles. The summed E-state index contributed by atoms with van der Waals surface area (Å²) >= 11 is 0. The molecule has 0 aromatic carbocycles. The quantitative estimate of drug-likeness (QED) is 0.797. The second kappa shape index (κ2) is 5.19. The van der Waals surface area contributed by atoms with Crippen molar-refractivity contribution in [3.63, 3.8) is 0 Å². The standard InChI is InChI=1S/C13H21N3/c1-3-4-7-16(12-5-6-12)13-8-11(14-2)9-15-10-13/h8-10,12,14H,3-7H2,1-2H3. The molecule has 1 aromatic rings. The van der Waals surface area contributed by atoms with Gasteiger partial charge in [-0.15, -0.1) is 0 Å². The third kappa shape index (κ3) is 2.65. The van der Waals surface area contributed by atoms with Gasteiger partial charge in [0.05, 0.1) is 23.8 Å². The van der Waals surface area contributed by atoms with Gasteiger partial charge in [0.25, 0.3) is 0 Å². The van der Waals surface area contributed by atoms with Crippen LogP contribution in [0.5, 0.6) is 0 Å². The fourth-order valence-electron chi connectivity index (χ4n) is 1.96. The van der Waals surface area contributed by atoms with E-state index in [1.54, 1.807) is 0 Å². The Bertz CT molecular complexity index is 334. The van der Waals surface area contributed by atoms with Crippen molar-refractivity contribution in [3.8, 4) is 0 Å². The van der Waals surface area contributed by atoms with Gasteiger partial charge in [0.15, 0.2) is 0 Å². The zero-order chi connectivity index (χ0) is 11.4. The molecule has 0 amide bonds. The zero-order valence-electron chi connectivity index (χ0n) is 10.2. The number of hydrogen-bond donors (Lipinski definition) is 1. The monoisotopic (exact) mass is 219 g/mol. The van der Waals surface area contributed by atoms with Gasteiger partial charge in [0.1, 0.15) is 0 Å². The molecule has 1 aliphatic rings. The van der Waals surface area contributed by atoms with Gasteiger partial charge in [-0.05, 0) is 25.3 Å². The summed E-state index contributed by atoms with van der Waals surface area (Å²) in [5.41, 5.74) is 2.36. The minimum Gasteiger partial charge on any atom is -0.387 e. The molecule has 1 N–H and O–H groups in total. The molecule has 0 spiro atoms. The molecule has 0 aliphatic heterocycles. The van der Waals surface area contributed by atoms with Crippen LogP contribution in [-0.2, 0) is 0 Å². The number of hydrogen-bond acceptors (Lipinski definition) is 3. The van der Waals surface area contributed by atoms with Crippen molar-refractivity contribution in [1.82, 2.24) is 4.98 Å². The average Bonchev–Trinajstić information content (AvgIpc) is 3.14. The predicted octanol–water partition coefficient (Wildman–Crippen LogP) is 2.89. The summed E-state index contributed by atoms with van der Waals surface area (Å²) in [6, 6.07) is 2.96. The fourth-order valence-corrected chi connectivity index (χ4v) is 1.96. The molecule has 0 radical (unpaired) electrons. The van der Waals surface area contributed by atoms with E-state index in [0.29, 0.717) is 0 Å². The normalized spacial score (nSPS) is 14.9. The third-order valence-electron chi connectivity index (χ3n) is 3.08. The molecule has 0 bridgehead atoms. The predicted molar refractivity (Wildman–Crippen MR) is 69.1 cm³/mol. The number of unbranched alkanes of at least 4 members (excludes halogenated alkanes) is 1. The largest absolute Gasteiger partial charge is 0.387 e. The zero-order valence-corrected chi connectivity index (χ0v) is 10.2. The van der Waals surface area contributed by atoms with Crippen LogP contribution < -0.4 is 10.2 Å². The fraction of sp³-hybridized carbons (Fsp3) is 0.615. The van der Waals surface area contributed by atoms with E-state index in [4.69, 9.17) is 0 Å². The van der Waals surface area contributed by atoms with E-state index in [-0.39, 0.29) is 0 Å². The van der Waals surface area contributed by atoms with Crippen molar-refractivity contribution >= 4 is 11.4 Å². The molecular formula is C13H21N3. The van der Waals surface area contributed by atoms with Crippen molar-refractivity contribution in [1.29, 1.82) is 0 Å². The minimum absolute atomic E-state index is 0.764. The van der Waals surface area contributed by atoms with Gasteiger partial charge in [-0.3, -0.25) is 4.98 Å². The van der Waals surface area contributed by atoms with Crippen LogP contribution in [0.15, 0.2) is 18.5 Å². The lowest BCUT2D eigenvalue weighted by molar-refractivity contribution is 0.712. The molecule has 2 rings (SSSR count). The Morgan fingerprint density at radius 3 is 2.88 bits per heavy atom. The van der Waals surface area contributed by atoms with Gasteiger partial charge >= 0.3 is 0 Å². The van der Waals surface area contributed by atoms with Crippen LogP contribution in [0, 0.1) is 0 Å². The summed E-state index contributed by atoms with van der Waals surface area (Å²) in [5.74, 6) is 0. The summed E-state index contributed by atoms with van der Waals surface area (Å²) in [5, 5.41) is 3.15. The maximum atomic E-state index is 4.29. The molecule has 0 unspecified atom stereocenters. The molecule has 0 atom stereocenters. The topological polar surface area (TPSA) is 28.2 Å². The van der Waals surface area contributed by atoms with Gasteiger partial charge in [-0.25, -0.2) is 0 Å². The Hall–Kier alpha value is -1.25. The molecule has 88 valence electrons. The van der Waals surface area contributed by atoms with Gasteiger partial charge in [-0.1, -0.05) is 13.3 Å². The number of aromatic nitrogens is 1. The van der Waals surface area contributed by atoms with Crippen LogP contribution >= 0.6 is 0 Å². The first-order valence-electron chi connectivity index (χ1n) is 6.24. The Morgan fingerprint density at radius 1 is 1.44 bits per heavy atom. The lowest BCUT2D eigenvalue weighted by atomic mass is 10.2. The van der Waals surface area contributed by atoms with Crippen LogP contribution in [0.2, 0.25) is 0 Å². The summed E-state index contributed by atoms with van der Waals surface area (Å²) in [7, 11) is 1.94. The van der Waals surface area contributed by atoms with Crippen LogP contribution in [-0.4, -0.2) is 24.6 Å². The third-order valence-corrected chi connectivity index (χ3v) is 3.08. The first-order chi connectivity index (χ1) is 7.85. The molecule has 16 heavy (non-hydrogen) atoms. The van der Waals surface area contributed by atoms with E-state index >= 15 is 0 Å². The number of rotatable bonds is 6. The van der Waals surface area contributed by atoms with E-state index in [2.05, 4.69) is 28.2 Å². The van der Waals surface area contributed by atoms with Crippen molar-refractivity contribution in [3.05, 3.63) is 18.5 Å². The lowest BCUT2D eigenvalue weighted by Crippen LogP contribution is -2.26. The average molecular weight is 219 g/mol. The molecule has 1 aromatic heterocycles. The van der Waals surface area contributed by atoms with Crippen molar-refractivity contribution in [2.75, 3.05) is 23.8 Å². The highest BCUT2D eigenvalue weighted by atomic mass is 15.2. The minimum atomic E-state index is 0.764. The summed E-state index contributed by atoms with van der Waals surface area (Å²) in [6.07, 6.45) is 9.05. The van der Waals surface area contributed by atoms with E-state index in [9.17, 15) is 0 Å². The van der Waals surface area contributed by atoms with Crippen LogP contribution in [0.25, 0.3) is 0 Å². The number of nitrogens with one attached hydrogen (secondary N) is 1. The summed E-state index contributed by atoms with van der Waals surface area (Å²) in [4.78, 5) is 6.80. The van der Waals surface area contributed by atoms with Crippen molar-refractivity contribution in [2.24, 2.45) is 0 Å². The van der Waals surface area contributed by atoms with Crippen molar-refractivity contribution < 1.29 is 0 Å². The van der Waals surface area contributed by atoms with E-state index < -0.39 is 0 Å². The number of nitrogens with zero attached hydrogens (tertiary/aromatic N) is 2. The highest BCUT2D eigenvalue weighted by Gasteiger charge is 2.28. The molecule has 0 saturated heterocycles. The molecular weight excluding hydrogens is 198 g/mol. The van der Waals surface area contributed by atoms with Crippen LogP contribution in [0.3, 0.4) is 0 Å². The Balaban J connectivity index is 2.10. The van der Waals surface area contributed by atoms with E-state index in [0.717, 1.165) is 18.3 Å².